The Hall–Kier alpha value is -3.02. The fourth-order valence-corrected chi connectivity index (χ4v) is 4.33. The molecule has 174 valence electrons. The molecule has 2 aliphatic rings. The lowest BCUT2D eigenvalue weighted by Gasteiger charge is -2.45. The topological polar surface area (TPSA) is 56.7 Å². The van der Waals surface area contributed by atoms with Crippen molar-refractivity contribution in [2.24, 2.45) is 0 Å². The summed E-state index contributed by atoms with van der Waals surface area (Å²) >= 11 is 0. The van der Waals surface area contributed by atoms with Crippen molar-refractivity contribution >= 4 is 5.91 Å². The Kier molecular flexibility index (Phi) is 9.60. The largest absolute Gasteiger partial charge is 0.400 e. The average Bonchev–Trinajstić information content (AvgIpc) is 2.87. The van der Waals surface area contributed by atoms with E-state index in [1.807, 2.05) is 23.1 Å². The van der Waals surface area contributed by atoms with Crippen LogP contribution in [-0.4, -0.2) is 65.1 Å². The summed E-state index contributed by atoms with van der Waals surface area (Å²) in [6.45, 7) is 6.33. The SMILES string of the molecule is CO.Cc1ccccc1-c1ccccc1.O=C(c1cccnc1)N1CCCCN2CCC2C1. The minimum absolute atomic E-state index is 0.136. The number of rotatable bonds is 2. The Morgan fingerprint density at radius 2 is 1.64 bits per heavy atom. The molecule has 5 rings (SSSR count). The molecular weight excluding hydrogens is 410 g/mol. The summed E-state index contributed by atoms with van der Waals surface area (Å²) in [7, 11) is 1.00. The third-order valence-corrected chi connectivity index (χ3v) is 6.25. The fraction of sp³-hybridized carbons (Fsp3) is 0.357. The molecule has 0 saturated carbocycles. The van der Waals surface area contributed by atoms with Crippen LogP contribution in [0.3, 0.4) is 0 Å². The van der Waals surface area contributed by atoms with Crippen LogP contribution in [0.15, 0.2) is 79.1 Å². The lowest BCUT2D eigenvalue weighted by atomic mass is 9.99. The quantitative estimate of drug-likeness (QED) is 0.623. The molecule has 5 nitrogen and oxygen atoms in total. The zero-order chi connectivity index (χ0) is 23.5. The molecule has 2 aliphatic heterocycles. The predicted octanol–water partition coefficient (Wildman–Crippen LogP) is 4.66. The first-order valence-corrected chi connectivity index (χ1v) is 11.7. The number of aliphatic hydroxyl groups is 1. The van der Waals surface area contributed by atoms with Crippen molar-refractivity contribution in [1.82, 2.24) is 14.8 Å². The molecule has 1 atom stereocenters. The highest BCUT2D eigenvalue weighted by atomic mass is 16.2. The van der Waals surface area contributed by atoms with Crippen LogP contribution in [0.1, 0.15) is 35.2 Å². The Bertz CT molecular complexity index is 979. The number of amides is 1. The third kappa shape index (κ3) is 6.73. The van der Waals surface area contributed by atoms with Gasteiger partial charge in [-0.1, -0.05) is 54.6 Å². The summed E-state index contributed by atoms with van der Waals surface area (Å²) in [4.78, 5) is 21.0. The highest BCUT2D eigenvalue weighted by Gasteiger charge is 2.32. The van der Waals surface area contributed by atoms with Crippen LogP contribution in [0.25, 0.3) is 11.1 Å². The van der Waals surface area contributed by atoms with Gasteiger partial charge < -0.3 is 10.0 Å². The number of aliphatic hydroxyl groups excluding tert-OH is 1. The monoisotopic (exact) mass is 445 g/mol. The van der Waals surface area contributed by atoms with E-state index in [1.54, 1.807) is 12.4 Å². The number of aromatic nitrogens is 1. The predicted molar refractivity (Wildman–Crippen MR) is 134 cm³/mol. The molecular formula is C28H35N3O2. The van der Waals surface area contributed by atoms with Gasteiger partial charge in [-0.05, 0) is 61.6 Å². The van der Waals surface area contributed by atoms with Gasteiger partial charge in [-0.15, -0.1) is 0 Å². The van der Waals surface area contributed by atoms with Crippen molar-refractivity contribution in [3.05, 3.63) is 90.3 Å². The number of fused-ring (bicyclic) bond motifs is 1. The van der Waals surface area contributed by atoms with E-state index in [0.717, 1.165) is 26.6 Å². The highest BCUT2D eigenvalue weighted by molar-refractivity contribution is 5.93. The summed E-state index contributed by atoms with van der Waals surface area (Å²) in [5.41, 5.74) is 4.65. The van der Waals surface area contributed by atoms with E-state index in [4.69, 9.17) is 5.11 Å². The molecule has 1 amide bonds. The number of nitrogens with zero attached hydrogens (tertiary/aromatic N) is 3. The Morgan fingerprint density at radius 3 is 2.30 bits per heavy atom. The van der Waals surface area contributed by atoms with Gasteiger partial charge in [0.2, 0.25) is 0 Å². The van der Waals surface area contributed by atoms with Crippen molar-refractivity contribution in [2.45, 2.75) is 32.2 Å². The van der Waals surface area contributed by atoms with Crippen LogP contribution in [0, 0.1) is 6.92 Å². The summed E-state index contributed by atoms with van der Waals surface area (Å²) in [6, 6.07) is 23.2. The van der Waals surface area contributed by atoms with Gasteiger partial charge in [0.1, 0.15) is 0 Å². The van der Waals surface area contributed by atoms with E-state index in [0.29, 0.717) is 11.6 Å². The van der Waals surface area contributed by atoms with Crippen molar-refractivity contribution in [3.63, 3.8) is 0 Å². The van der Waals surface area contributed by atoms with Crippen LogP contribution < -0.4 is 0 Å². The van der Waals surface area contributed by atoms with Gasteiger partial charge in [-0.25, -0.2) is 0 Å². The maximum atomic E-state index is 12.4. The summed E-state index contributed by atoms with van der Waals surface area (Å²) in [5, 5.41) is 7.00. The van der Waals surface area contributed by atoms with E-state index >= 15 is 0 Å². The van der Waals surface area contributed by atoms with Crippen LogP contribution in [0.5, 0.6) is 0 Å². The molecule has 2 saturated heterocycles. The third-order valence-electron chi connectivity index (χ3n) is 6.25. The number of benzene rings is 2. The van der Waals surface area contributed by atoms with Gasteiger partial charge >= 0.3 is 0 Å². The number of pyridine rings is 1. The van der Waals surface area contributed by atoms with Gasteiger partial charge in [0.05, 0.1) is 5.56 Å². The van der Waals surface area contributed by atoms with Crippen molar-refractivity contribution in [1.29, 1.82) is 0 Å². The number of hydrogen-bond acceptors (Lipinski definition) is 4. The standard InChI is InChI=1S/C14H19N3O.C13H12.CH4O/c18-14(12-4-3-6-15-10-12)17-8-2-1-7-16-9-5-13(16)11-17;1-11-7-5-6-10-13(11)12-8-3-2-4-9-12;1-2/h3-4,6,10,13H,1-2,5,7-9,11H2;2-10H,1H3;2H,1H3. The van der Waals surface area contributed by atoms with Crippen LogP contribution >= 0.6 is 0 Å². The van der Waals surface area contributed by atoms with Gasteiger partial charge in [-0.2, -0.15) is 0 Å². The average molecular weight is 446 g/mol. The van der Waals surface area contributed by atoms with Crippen molar-refractivity contribution < 1.29 is 9.90 Å². The molecule has 0 aliphatic carbocycles. The van der Waals surface area contributed by atoms with Crippen LogP contribution in [0.2, 0.25) is 0 Å². The molecule has 1 unspecified atom stereocenters. The molecule has 3 aromatic rings. The maximum Gasteiger partial charge on any atom is 0.255 e. The van der Waals surface area contributed by atoms with Crippen LogP contribution in [0.4, 0.5) is 0 Å². The number of carbonyl (C=O) groups is 1. The van der Waals surface area contributed by atoms with Crippen molar-refractivity contribution in [2.75, 3.05) is 33.3 Å². The van der Waals surface area contributed by atoms with Crippen molar-refractivity contribution in [3.8, 4) is 11.1 Å². The maximum absolute atomic E-state index is 12.4. The molecule has 0 spiro atoms. The number of carbonyl (C=O) groups excluding carboxylic acids is 1. The van der Waals surface area contributed by atoms with Gasteiger partial charge in [0.15, 0.2) is 0 Å². The molecule has 0 radical (unpaired) electrons. The molecule has 2 aromatic carbocycles. The summed E-state index contributed by atoms with van der Waals surface area (Å²) in [6.07, 6.45) is 6.91. The second kappa shape index (κ2) is 12.9. The smallest absolute Gasteiger partial charge is 0.255 e. The first-order valence-electron chi connectivity index (χ1n) is 11.7. The lowest BCUT2D eigenvalue weighted by molar-refractivity contribution is 0.0338. The molecule has 2 fully saturated rings. The second-order valence-electron chi connectivity index (χ2n) is 8.36. The van der Waals surface area contributed by atoms with Gasteiger partial charge in [0.25, 0.3) is 5.91 Å². The van der Waals surface area contributed by atoms with E-state index in [1.165, 1.54) is 42.6 Å². The molecule has 1 aromatic heterocycles. The lowest BCUT2D eigenvalue weighted by Crippen LogP contribution is -2.56. The highest BCUT2D eigenvalue weighted by Crippen LogP contribution is 2.23. The molecule has 3 heterocycles. The van der Waals surface area contributed by atoms with E-state index in [9.17, 15) is 4.79 Å². The molecule has 0 bridgehead atoms. The van der Waals surface area contributed by atoms with Gasteiger partial charge in [-0.3, -0.25) is 14.7 Å². The van der Waals surface area contributed by atoms with E-state index in [2.05, 4.69) is 65.3 Å². The molecule has 5 heteroatoms. The summed E-state index contributed by atoms with van der Waals surface area (Å²) in [5.74, 6) is 0.136. The number of aryl methyl sites for hydroxylation is 1. The van der Waals surface area contributed by atoms with Crippen LogP contribution in [-0.2, 0) is 0 Å². The second-order valence-corrected chi connectivity index (χ2v) is 8.36. The van der Waals surface area contributed by atoms with E-state index in [-0.39, 0.29) is 5.91 Å². The molecule has 1 N–H and O–H groups in total. The normalized spacial score (nSPS) is 17.5. The first-order chi connectivity index (χ1) is 16.2. The Labute approximate surface area is 197 Å². The fourth-order valence-electron chi connectivity index (χ4n) is 4.33. The first kappa shape index (κ1) is 24.6. The minimum Gasteiger partial charge on any atom is -0.400 e. The Morgan fingerprint density at radius 1 is 0.909 bits per heavy atom. The minimum atomic E-state index is 0.136. The zero-order valence-corrected chi connectivity index (χ0v) is 19.7. The molecule has 33 heavy (non-hydrogen) atoms. The zero-order valence-electron chi connectivity index (χ0n) is 19.7. The van der Waals surface area contributed by atoms with E-state index < -0.39 is 0 Å². The van der Waals surface area contributed by atoms with Gasteiger partial charge in [0, 0.05) is 45.2 Å². The summed E-state index contributed by atoms with van der Waals surface area (Å²) < 4.78 is 0. The Balaban J connectivity index is 0.000000181. The number of hydrogen-bond donors (Lipinski definition) is 1.